The highest BCUT2D eigenvalue weighted by Crippen LogP contribution is 2.25. The summed E-state index contributed by atoms with van der Waals surface area (Å²) >= 11 is 0. The zero-order valence-electron chi connectivity index (χ0n) is 15.0. The lowest BCUT2D eigenvalue weighted by molar-refractivity contribution is -0.132. The van der Waals surface area contributed by atoms with Gasteiger partial charge in [-0.1, -0.05) is 5.16 Å². The molecule has 0 spiro atoms. The first-order valence-corrected chi connectivity index (χ1v) is 8.71. The van der Waals surface area contributed by atoms with Crippen LogP contribution in [0.1, 0.15) is 53.7 Å². The lowest BCUT2D eigenvalue weighted by Crippen LogP contribution is -2.39. The summed E-state index contributed by atoms with van der Waals surface area (Å²) in [5.74, 6) is 1.65. The molecule has 0 saturated carbocycles. The van der Waals surface area contributed by atoms with Crippen molar-refractivity contribution in [3.05, 3.63) is 45.0 Å². The third kappa shape index (κ3) is 3.97. The average molecular weight is 344 g/mol. The second-order valence-corrected chi connectivity index (χ2v) is 6.74. The van der Waals surface area contributed by atoms with Crippen molar-refractivity contribution >= 4 is 5.91 Å². The lowest BCUT2D eigenvalue weighted by atomic mass is 9.94. The number of amides is 1. The van der Waals surface area contributed by atoms with E-state index >= 15 is 0 Å². The molecule has 7 nitrogen and oxygen atoms in total. The number of aromatic nitrogens is 3. The highest BCUT2D eigenvalue weighted by atomic mass is 16.5. The largest absolute Gasteiger partial charge is 0.361 e. The summed E-state index contributed by atoms with van der Waals surface area (Å²) in [7, 11) is 0. The number of nitrogens with zero attached hydrogens (tertiary/aromatic N) is 3. The Morgan fingerprint density at radius 1 is 1.40 bits per heavy atom. The Morgan fingerprint density at radius 3 is 2.88 bits per heavy atom. The van der Waals surface area contributed by atoms with Crippen LogP contribution in [0, 0.1) is 20.8 Å². The Balaban J connectivity index is 1.64. The standard InChI is InChI=1S/C18H24N4O3/c1-11-15(12(2)25-21-11)6-7-18(24)22-8-4-5-14(10-22)16-9-17(23)20-13(3)19-16/h9,14H,4-8,10H2,1-3H3,(H,19,20,23)/t14-/m1/s1. The fourth-order valence-electron chi connectivity index (χ4n) is 3.51. The molecular weight excluding hydrogens is 320 g/mol. The van der Waals surface area contributed by atoms with Gasteiger partial charge in [0, 0.05) is 37.1 Å². The molecule has 0 aliphatic carbocycles. The van der Waals surface area contributed by atoms with Crippen molar-refractivity contribution in [2.45, 2.75) is 52.4 Å². The van der Waals surface area contributed by atoms with Crippen molar-refractivity contribution in [2.24, 2.45) is 0 Å². The molecule has 1 N–H and O–H groups in total. The van der Waals surface area contributed by atoms with Crippen molar-refractivity contribution in [3.63, 3.8) is 0 Å². The van der Waals surface area contributed by atoms with Crippen LogP contribution in [-0.2, 0) is 11.2 Å². The number of aryl methyl sites for hydroxylation is 3. The van der Waals surface area contributed by atoms with Crippen LogP contribution in [0.2, 0.25) is 0 Å². The number of likely N-dealkylation sites (tertiary alicyclic amines) is 1. The third-order valence-electron chi connectivity index (χ3n) is 4.84. The van der Waals surface area contributed by atoms with E-state index in [4.69, 9.17) is 4.52 Å². The van der Waals surface area contributed by atoms with Crippen molar-refractivity contribution in [2.75, 3.05) is 13.1 Å². The van der Waals surface area contributed by atoms with E-state index < -0.39 is 0 Å². The van der Waals surface area contributed by atoms with Gasteiger partial charge in [-0.15, -0.1) is 0 Å². The van der Waals surface area contributed by atoms with Gasteiger partial charge in [-0.25, -0.2) is 4.98 Å². The van der Waals surface area contributed by atoms with Crippen LogP contribution in [0.15, 0.2) is 15.4 Å². The molecule has 0 radical (unpaired) electrons. The summed E-state index contributed by atoms with van der Waals surface area (Å²) in [6.07, 6.45) is 2.96. The number of hydrogen-bond acceptors (Lipinski definition) is 5. The van der Waals surface area contributed by atoms with E-state index in [1.165, 1.54) is 0 Å². The minimum absolute atomic E-state index is 0.123. The summed E-state index contributed by atoms with van der Waals surface area (Å²) in [6.45, 7) is 6.93. The summed E-state index contributed by atoms with van der Waals surface area (Å²) < 4.78 is 5.15. The molecule has 1 amide bonds. The summed E-state index contributed by atoms with van der Waals surface area (Å²) in [5.41, 5.74) is 2.52. The molecule has 134 valence electrons. The van der Waals surface area contributed by atoms with Crippen LogP contribution < -0.4 is 5.56 Å². The van der Waals surface area contributed by atoms with Gasteiger partial charge in [0.2, 0.25) is 5.91 Å². The first-order valence-electron chi connectivity index (χ1n) is 8.71. The minimum atomic E-state index is -0.135. The number of piperidine rings is 1. The van der Waals surface area contributed by atoms with Gasteiger partial charge in [0.1, 0.15) is 11.6 Å². The zero-order valence-corrected chi connectivity index (χ0v) is 15.0. The van der Waals surface area contributed by atoms with Gasteiger partial charge >= 0.3 is 0 Å². The molecule has 1 fully saturated rings. The Hall–Kier alpha value is -2.44. The maximum absolute atomic E-state index is 12.6. The first-order chi connectivity index (χ1) is 11.9. The third-order valence-corrected chi connectivity index (χ3v) is 4.84. The summed E-state index contributed by atoms with van der Waals surface area (Å²) in [4.78, 5) is 33.3. The molecule has 1 aliphatic rings. The molecule has 1 aliphatic heterocycles. The van der Waals surface area contributed by atoms with Crippen molar-refractivity contribution in [1.82, 2.24) is 20.0 Å². The van der Waals surface area contributed by atoms with Crippen LogP contribution >= 0.6 is 0 Å². The van der Waals surface area contributed by atoms with E-state index in [-0.39, 0.29) is 17.4 Å². The predicted molar refractivity (Wildman–Crippen MR) is 92.4 cm³/mol. The number of hydrogen-bond donors (Lipinski definition) is 1. The normalized spacial score (nSPS) is 17.7. The topological polar surface area (TPSA) is 92.1 Å². The minimum Gasteiger partial charge on any atom is -0.361 e. The summed E-state index contributed by atoms with van der Waals surface area (Å²) in [6, 6.07) is 1.55. The molecule has 0 bridgehead atoms. The van der Waals surface area contributed by atoms with Gasteiger partial charge in [-0.2, -0.15) is 0 Å². The van der Waals surface area contributed by atoms with Crippen LogP contribution in [-0.4, -0.2) is 39.0 Å². The molecule has 0 unspecified atom stereocenters. The van der Waals surface area contributed by atoms with Crippen LogP contribution in [0.3, 0.4) is 0 Å². The SMILES string of the molecule is Cc1nc([C@@H]2CCCN(C(=O)CCc3c(C)noc3C)C2)cc(=O)[nH]1. The molecule has 3 heterocycles. The van der Waals surface area contributed by atoms with E-state index in [1.807, 2.05) is 18.7 Å². The second kappa shape index (κ2) is 7.21. The van der Waals surface area contributed by atoms with Crippen LogP contribution in [0.4, 0.5) is 0 Å². The molecule has 2 aromatic heterocycles. The van der Waals surface area contributed by atoms with E-state index in [1.54, 1.807) is 13.0 Å². The van der Waals surface area contributed by atoms with E-state index in [9.17, 15) is 9.59 Å². The number of aromatic amines is 1. The Labute approximate surface area is 146 Å². The smallest absolute Gasteiger partial charge is 0.251 e. The highest BCUT2D eigenvalue weighted by molar-refractivity contribution is 5.76. The van der Waals surface area contributed by atoms with Crippen molar-refractivity contribution in [3.8, 4) is 0 Å². The molecule has 25 heavy (non-hydrogen) atoms. The Kier molecular flexibility index (Phi) is 5.01. The van der Waals surface area contributed by atoms with Gasteiger partial charge in [0.05, 0.1) is 11.4 Å². The van der Waals surface area contributed by atoms with Gasteiger partial charge in [-0.05, 0) is 40.0 Å². The number of nitrogens with one attached hydrogen (secondary N) is 1. The first kappa shape index (κ1) is 17.4. The number of carbonyl (C=O) groups is 1. The maximum Gasteiger partial charge on any atom is 0.251 e. The predicted octanol–water partition coefficient (Wildman–Crippen LogP) is 2.02. The monoisotopic (exact) mass is 344 g/mol. The molecular formula is C18H24N4O3. The van der Waals surface area contributed by atoms with Crippen molar-refractivity contribution < 1.29 is 9.32 Å². The fourth-order valence-corrected chi connectivity index (χ4v) is 3.51. The molecule has 7 heteroatoms. The lowest BCUT2D eigenvalue weighted by Gasteiger charge is -2.32. The number of H-pyrrole nitrogens is 1. The molecule has 3 rings (SSSR count). The quantitative estimate of drug-likeness (QED) is 0.916. The average Bonchev–Trinajstić information content (AvgIpc) is 2.90. The highest BCUT2D eigenvalue weighted by Gasteiger charge is 2.26. The molecule has 0 aromatic carbocycles. The van der Waals surface area contributed by atoms with Crippen LogP contribution in [0.25, 0.3) is 0 Å². The Morgan fingerprint density at radius 2 is 2.20 bits per heavy atom. The maximum atomic E-state index is 12.6. The zero-order chi connectivity index (χ0) is 18.0. The van der Waals surface area contributed by atoms with Crippen LogP contribution in [0.5, 0.6) is 0 Å². The molecule has 1 atom stereocenters. The fraction of sp³-hybridized carbons (Fsp3) is 0.556. The van der Waals surface area contributed by atoms with E-state index in [0.717, 1.165) is 42.1 Å². The second-order valence-electron chi connectivity index (χ2n) is 6.74. The summed E-state index contributed by atoms with van der Waals surface area (Å²) in [5, 5.41) is 3.93. The van der Waals surface area contributed by atoms with E-state index in [2.05, 4.69) is 15.1 Å². The molecule has 2 aromatic rings. The Bertz CT molecular complexity index is 804. The van der Waals surface area contributed by atoms with Gasteiger partial charge in [0.15, 0.2) is 0 Å². The van der Waals surface area contributed by atoms with Gasteiger partial charge < -0.3 is 14.4 Å². The number of rotatable bonds is 4. The number of carbonyl (C=O) groups excluding carboxylic acids is 1. The molecule has 1 saturated heterocycles. The van der Waals surface area contributed by atoms with Gasteiger partial charge in [0.25, 0.3) is 5.56 Å². The van der Waals surface area contributed by atoms with Gasteiger partial charge in [-0.3, -0.25) is 9.59 Å². The van der Waals surface area contributed by atoms with Crippen molar-refractivity contribution in [1.29, 1.82) is 0 Å². The van der Waals surface area contributed by atoms with E-state index in [0.29, 0.717) is 25.2 Å².